The van der Waals surface area contributed by atoms with Crippen molar-refractivity contribution < 1.29 is 4.74 Å². The molecule has 0 aliphatic heterocycles. The minimum absolute atomic E-state index is 0.223. The molecule has 0 spiro atoms. The summed E-state index contributed by atoms with van der Waals surface area (Å²) >= 11 is 0. The van der Waals surface area contributed by atoms with Crippen molar-refractivity contribution in [2.75, 3.05) is 7.11 Å². The molecule has 3 nitrogen and oxygen atoms in total. The Morgan fingerprint density at radius 2 is 2.05 bits per heavy atom. The lowest BCUT2D eigenvalue weighted by molar-refractivity contribution is 0.246. The fraction of sp³-hybridized carbons (Fsp3) is 0.647. The molecule has 3 heteroatoms. The van der Waals surface area contributed by atoms with Gasteiger partial charge in [-0.3, -0.25) is 11.3 Å². The fourth-order valence-corrected chi connectivity index (χ4v) is 4.63. The number of fused-ring (bicyclic) bond motifs is 2. The molecule has 4 atom stereocenters. The van der Waals surface area contributed by atoms with Crippen molar-refractivity contribution in [2.45, 2.75) is 45.6 Å². The number of hydrazine groups is 1. The Kier molecular flexibility index (Phi) is 3.74. The van der Waals surface area contributed by atoms with Gasteiger partial charge >= 0.3 is 0 Å². The molecule has 0 radical (unpaired) electrons. The Morgan fingerprint density at radius 3 is 2.60 bits per heavy atom. The van der Waals surface area contributed by atoms with E-state index in [1.54, 1.807) is 7.11 Å². The van der Waals surface area contributed by atoms with E-state index in [9.17, 15) is 0 Å². The molecular weight excluding hydrogens is 248 g/mol. The first-order valence-corrected chi connectivity index (χ1v) is 7.75. The lowest BCUT2D eigenvalue weighted by Gasteiger charge is -2.32. The molecule has 2 aliphatic carbocycles. The summed E-state index contributed by atoms with van der Waals surface area (Å²) in [6.07, 6.45) is 5.51. The Morgan fingerprint density at radius 1 is 1.25 bits per heavy atom. The summed E-state index contributed by atoms with van der Waals surface area (Å²) in [5, 5.41) is 0. The topological polar surface area (TPSA) is 47.3 Å². The quantitative estimate of drug-likeness (QED) is 0.654. The summed E-state index contributed by atoms with van der Waals surface area (Å²) in [7, 11) is 1.76. The monoisotopic (exact) mass is 274 g/mol. The molecule has 20 heavy (non-hydrogen) atoms. The average molecular weight is 274 g/mol. The van der Waals surface area contributed by atoms with Crippen LogP contribution in [0, 0.1) is 31.6 Å². The largest absolute Gasteiger partial charge is 0.496 e. The number of rotatable bonds is 4. The van der Waals surface area contributed by atoms with Gasteiger partial charge in [0.25, 0.3) is 0 Å². The van der Waals surface area contributed by atoms with Gasteiger partial charge in [-0.05, 0) is 68.1 Å². The zero-order valence-corrected chi connectivity index (χ0v) is 12.8. The van der Waals surface area contributed by atoms with Crippen molar-refractivity contribution >= 4 is 0 Å². The van der Waals surface area contributed by atoms with Gasteiger partial charge in [0.05, 0.1) is 13.2 Å². The van der Waals surface area contributed by atoms with Crippen LogP contribution in [0.3, 0.4) is 0 Å². The maximum Gasteiger partial charge on any atom is 0.124 e. The van der Waals surface area contributed by atoms with Gasteiger partial charge < -0.3 is 4.74 Å². The van der Waals surface area contributed by atoms with E-state index in [1.807, 2.05) is 0 Å². The summed E-state index contributed by atoms with van der Waals surface area (Å²) in [5.74, 6) is 9.35. The number of hydrogen-bond acceptors (Lipinski definition) is 3. The number of nitrogens with two attached hydrogens (primary N) is 1. The van der Waals surface area contributed by atoms with E-state index in [4.69, 9.17) is 10.6 Å². The zero-order chi connectivity index (χ0) is 14.3. The van der Waals surface area contributed by atoms with Crippen LogP contribution in [0.4, 0.5) is 0 Å². The van der Waals surface area contributed by atoms with E-state index < -0.39 is 0 Å². The van der Waals surface area contributed by atoms with Crippen molar-refractivity contribution in [1.82, 2.24) is 5.43 Å². The van der Waals surface area contributed by atoms with Crippen LogP contribution < -0.4 is 16.0 Å². The molecule has 0 amide bonds. The Labute approximate surface area is 121 Å². The molecule has 2 saturated carbocycles. The number of ether oxygens (including phenoxy) is 1. The Bertz CT molecular complexity index is 500. The van der Waals surface area contributed by atoms with Crippen molar-refractivity contribution in [3.8, 4) is 5.75 Å². The van der Waals surface area contributed by atoms with E-state index in [-0.39, 0.29) is 6.04 Å². The van der Waals surface area contributed by atoms with Crippen LogP contribution in [0.15, 0.2) is 12.1 Å². The average Bonchev–Trinajstić information content (AvgIpc) is 3.04. The van der Waals surface area contributed by atoms with Crippen molar-refractivity contribution in [3.05, 3.63) is 28.8 Å². The van der Waals surface area contributed by atoms with Gasteiger partial charge in [0.1, 0.15) is 5.75 Å². The maximum absolute atomic E-state index is 5.94. The summed E-state index contributed by atoms with van der Waals surface area (Å²) < 4.78 is 5.63. The molecular formula is C17H26N2O. The van der Waals surface area contributed by atoms with Gasteiger partial charge in [-0.2, -0.15) is 0 Å². The van der Waals surface area contributed by atoms with Crippen LogP contribution in [0.5, 0.6) is 5.75 Å². The number of benzene rings is 1. The molecule has 0 aromatic heterocycles. The van der Waals surface area contributed by atoms with Crippen LogP contribution in [0.2, 0.25) is 0 Å². The highest BCUT2D eigenvalue weighted by Gasteiger charge is 2.44. The number of nitrogens with one attached hydrogen (secondary N) is 1. The molecule has 4 unspecified atom stereocenters. The maximum atomic E-state index is 5.94. The zero-order valence-electron chi connectivity index (χ0n) is 12.8. The molecule has 0 heterocycles. The van der Waals surface area contributed by atoms with Crippen LogP contribution in [-0.4, -0.2) is 7.11 Å². The lowest BCUT2D eigenvalue weighted by atomic mass is 9.79. The molecule has 110 valence electrons. The predicted molar refractivity (Wildman–Crippen MR) is 81.5 cm³/mol. The van der Waals surface area contributed by atoms with Crippen molar-refractivity contribution in [1.29, 1.82) is 0 Å². The van der Waals surface area contributed by atoms with Crippen LogP contribution in [-0.2, 0) is 0 Å². The standard InChI is InChI=1S/C17H26N2O/c1-10-6-11(2)16(15(7-10)20-3)17(19-18)14-9-12-4-5-13(14)8-12/h6-7,12-14,17,19H,4-5,8-9,18H2,1-3H3. The normalized spacial score (nSPS) is 29.7. The van der Waals surface area contributed by atoms with E-state index in [0.29, 0.717) is 5.92 Å². The van der Waals surface area contributed by atoms with Gasteiger partial charge in [0.15, 0.2) is 0 Å². The number of aryl methyl sites for hydroxylation is 2. The summed E-state index contributed by atoms with van der Waals surface area (Å²) in [4.78, 5) is 0. The first-order chi connectivity index (χ1) is 9.63. The van der Waals surface area contributed by atoms with E-state index in [0.717, 1.165) is 17.6 Å². The molecule has 3 rings (SSSR count). The second-order valence-corrected chi connectivity index (χ2v) is 6.68. The number of methoxy groups -OCH3 is 1. The van der Waals surface area contributed by atoms with E-state index in [1.165, 1.54) is 42.4 Å². The predicted octanol–water partition coefficient (Wildman–Crippen LogP) is 3.25. The molecule has 2 aliphatic rings. The smallest absolute Gasteiger partial charge is 0.124 e. The summed E-state index contributed by atoms with van der Waals surface area (Å²) in [6.45, 7) is 4.28. The van der Waals surface area contributed by atoms with Gasteiger partial charge in [0.2, 0.25) is 0 Å². The minimum Gasteiger partial charge on any atom is -0.496 e. The van der Waals surface area contributed by atoms with Gasteiger partial charge in [-0.25, -0.2) is 0 Å². The molecule has 0 saturated heterocycles. The highest BCUT2D eigenvalue weighted by Crippen LogP contribution is 2.53. The Balaban J connectivity index is 1.97. The molecule has 2 fully saturated rings. The van der Waals surface area contributed by atoms with Gasteiger partial charge in [-0.15, -0.1) is 0 Å². The number of hydrogen-bond donors (Lipinski definition) is 2. The molecule has 2 bridgehead atoms. The second-order valence-electron chi connectivity index (χ2n) is 6.68. The second kappa shape index (κ2) is 5.38. The fourth-order valence-electron chi connectivity index (χ4n) is 4.63. The highest BCUT2D eigenvalue weighted by atomic mass is 16.5. The van der Waals surface area contributed by atoms with Crippen LogP contribution in [0.1, 0.15) is 48.4 Å². The van der Waals surface area contributed by atoms with Crippen molar-refractivity contribution in [2.24, 2.45) is 23.6 Å². The van der Waals surface area contributed by atoms with Crippen LogP contribution in [0.25, 0.3) is 0 Å². The van der Waals surface area contributed by atoms with Gasteiger partial charge in [0, 0.05) is 5.56 Å². The summed E-state index contributed by atoms with van der Waals surface area (Å²) in [6, 6.07) is 4.58. The first kappa shape index (κ1) is 13.9. The first-order valence-electron chi connectivity index (χ1n) is 7.75. The molecule has 1 aromatic carbocycles. The minimum atomic E-state index is 0.223. The SMILES string of the molecule is COc1cc(C)cc(C)c1C(NN)C1CC2CCC1C2. The summed E-state index contributed by atoms with van der Waals surface area (Å²) in [5.41, 5.74) is 6.89. The third kappa shape index (κ3) is 2.23. The third-order valence-electron chi connectivity index (χ3n) is 5.42. The van der Waals surface area contributed by atoms with Gasteiger partial charge in [-0.1, -0.05) is 12.5 Å². The van der Waals surface area contributed by atoms with E-state index >= 15 is 0 Å². The van der Waals surface area contributed by atoms with E-state index in [2.05, 4.69) is 31.4 Å². The highest BCUT2D eigenvalue weighted by molar-refractivity contribution is 5.45. The molecule has 3 N–H and O–H groups in total. The lowest BCUT2D eigenvalue weighted by Crippen LogP contribution is -2.36. The van der Waals surface area contributed by atoms with Crippen LogP contribution >= 0.6 is 0 Å². The van der Waals surface area contributed by atoms with Crippen molar-refractivity contribution in [3.63, 3.8) is 0 Å². The third-order valence-corrected chi connectivity index (χ3v) is 5.42. The molecule has 1 aromatic rings. The Hall–Kier alpha value is -1.06.